The molecule has 0 bridgehead atoms. The number of nitrogens with one attached hydrogen (secondary N) is 1. The van der Waals surface area contributed by atoms with E-state index < -0.39 is 0 Å². The van der Waals surface area contributed by atoms with Crippen molar-refractivity contribution in [3.63, 3.8) is 0 Å². The molecule has 0 spiro atoms. The van der Waals surface area contributed by atoms with Gasteiger partial charge < -0.3 is 5.32 Å². The van der Waals surface area contributed by atoms with Crippen LogP contribution in [0.4, 0.5) is 5.69 Å². The molecule has 1 N–H and O–H groups in total. The first-order valence-corrected chi connectivity index (χ1v) is 9.11. The molecule has 7 nitrogen and oxygen atoms in total. The summed E-state index contributed by atoms with van der Waals surface area (Å²) in [6.45, 7) is 1.85. The summed E-state index contributed by atoms with van der Waals surface area (Å²) >= 11 is 3.01. The number of hydrogen-bond acceptors (Lipinski definition) is 7. The monoisotopic (exact) mass is 368 g/mol. The van der Waals surface area contributed by atoms with Crippen molar-refractivity contribution in [1.29, 1.82) is 0 Å². The molecule has 0 aliphatic heterocycles. The molecule has 0 saturated carbocycles. The first-order chi connectivity index (χ1) is 12.2. The van der Waals surface area contributed by atoms with Gasteiger partial charge in [0.05, 0.1) is 11.4 Å². The minimum absolute atomic E-state index is 0.161. The van der Waals surface area contributed by atoms with E-state index in [0.717, 1.165) is 22.0 Å². The average Bonchev–Trinajstić information content (AvgIpc) is 3.37. The van der Waals surface area contributed by atoms with Gasteiger partial charge in [0.1, 0.15) is 16.2 Å². The number of nitrogens with zero attached hydrogens (tertiary/aromatic N) is 5. The molecule has 4 aromatic rings. The lowest BCUT2D eigenvalue weighted by atomic mass is 10.2. The molecule has 0 aliphatic rings. The van der Waals surface area contributed by atoms with E-state index in [1.54, 1.807) is 16.0 Å². The predicted octanol–water partition coefficient (Wildman–Crippen LogP) is 3.41. The van der Waals surface area contributed by atoms with Crippen LogP contribution in [0.2, 0.25) is 0 Å². The highest BCUT2D eigenvalue weighted by Crippen LogP contribution is 2.29. The summed E-state index contributed by atoms with van der Waals surface area (Å²) < 4.78 is 1.55. The number of carbonyl (C=O) groups excluding carboxylic acids is 1. The summed E-state index contributed by atoms with van der Waals surface area (Å²) in [5.41, 5.74) is 3.29. The van der Waals surface area contributed by atoms with Crippen LogP contribution in [0.15, 0.2) is 47.4 Å². The van der Waals surface area contributed by atoms with E-state index in [-0.39, 0.29) is 5.91 Å². The van der Waals surface area contributed by atoms with Gasteiger partial charge in [0, 0.05) is 16.6 Å². The molecule has 0 saturated heterocycles. The Hall–Kier alpha value is -2.91. The number of aromatic nitrogens is 5. The average molecular weight is 368 g/mol. The van der Waals surface area contributed by atoms with Crippen LogP contribution in [0.3, 0.4) is 0 Å². The second-order valence-electron chi connectivity index (χ2n) is 5.20. The van der Waals surface area contributed by atoms with Crippen LogP contribution in [0.25, 0.3) is 16.3 Å². The molecule has 0 atom stereocenters. The molecule has 0 radical (unpaired) electrons. The molecule has 25 heavy (non-hydrogen) atoms. The number of benzene rings is 1. The van der Waals surface area contributed by atoms with Gasteiger partial charge in [-0.3, -0.25) is 4.79 Å². The Labute approximate surface area is 151 Å². The van der Waals surface area contributed by atoms with Crippen molar-refractivity contribution in [3.05, 3.63) is 58.0 Å². The summed E-state index contributed by atoms with van der Waals surface area (Å²) in [6, 6.07) is 9.29. The lowest BCUT2D eigenvalue weighted by Crippen LogP contribution is -2.11. The van der Waals surface area contributed by atoms with Gasteiger partial charge in [0.25, 0.3) is 5.91 Å². The molecule has 1 aromatic carbocycles. The van der Waals surface area contributed by atoms with Gasteiger partial charge in [0.15, 0.2) is 0 Å². The van der Waals surface area contributed by atoms with Crippen LogP contribution in [-0.4, -0.2) is 31.1 Å². The van der Waals surface area contributed by atoms with E-state index in [1.807, 2.05) is 48.0 Å². The third-order valence-electron chi connectivity index (χ3n) is 3.51. The van der Waals surface area contributed by atoms with Crippen LogP contribution in [0.1, 0.15) is 15.4 Å². The summed E-state index contributed by atoms with van der Waals surface area (Å²) in [4.78, 5) is 17.7. The van der Waals surface area contributed by atoms with Gasteiger partial charge in [-0.1, -0.05) is 0 Å². The molecule has 3 aromatic heterocycles. The number of amides is 1. The van der Waals surface area contributed by atoms with E-state index >= 15 is 0 Å². The molecule has 4 rings (SSSR count). The Morgan fingerprint density at radius 3 is 2.72 bits per heavy atom. The third kappa shape index (κ3) is 3.19. The van der Waals surface area contributed by atoms with Gasteiger partial charge in [0.2, 0.25) is 0 Å². The Balaban J connectivity index is 1.52. The van der Waals surface area contributed by atoms with Crippen molar-refractivity contribution in [2.45, 2.75) is 6.92 Å². The fraction of sp³-hybridized carbons (Fsp3) is 0.0625. The van der Waals surface area contributed by atoms with Crippen LogP contribution in [-0.2, 0) is 0 Å². The number of anilines is 1. The van der Waals surface area contributed by atoms with Gasteiger partial charge in [-0.2, -0.15) is 11.3 Å². The highest BCUT2D eigenvalue weighted by atomic mass is 32.1. The standard InChI is InChI=1S/C16H12N6OS2/c1-10-14(25-16(18-10)11-6-7-24-8-11)15(23)19-12-2-4-13(5-3-12)22-9-17-20-21-22/h2-9H,1H3,(H,19,23). The van der Waals surface area contributed by atoms with Crippen LogP contribution >= 0.6 is 22.7 Å². The highest BCUT2D eigenvalue weighted by Gasteiger charge is 2.16. The normalized spacial score (nSPS) is 10.8. The van der Waals surface area contributed by atoms with Gasteiger partial charge in [-0.05, 0) is 53.1 Å². The molecular weight excluding hydrogens is 356 g/mol. The lowest BCUT2D eigenvalue weighted by Gasteiger charge is -2.05. The number of aryl methyl sites for hydroxylation is 1. The third-order valence-corrected chi connectivity index (χ3v) is 5.40. The molecule has 9 heteroatoms. The van der Waals surface area contributed by atoms with Crippen molar-refractivity contribution in [2.24, 2.45) is 0 Å². The largest absolute Gasteiger partial charge is 0.321 e. The Bertz CT molecular complexity index is 990. The molecule has 0 fully saturated rings. The Morgan fingerprint density at radius 2 is 2.04 bits per heavy atom. The van der Waals surface area contributed by atoms with E-state index in [9.17, 15) is 4.79 Å². The topological polar surface area (TPSA) is 85.6 Å². The van der Waals surface area contributed by atoms with Crippen molar-refractivity contribution in [1.82, 2.24) is 25.2 Å². The minimum atomic E-state index is -0.161. The number of carbonyl (C=O) groups is 1. The predicted molar refractivity (Wildman–Crippen MR) is 97.3 cm³/mol. The van der Waals surface area contributed by atoms with Crippen molar-refractivity contribution in [3.8, 4) is 16.3 Å². The van der Waals surface area contributed by atoms with Gasteiger partial charge in [-0.15, -0.1) is 16.4 Å². The maximum Gasteiger partial charge on any atom is 0.267 e. The molecule has 1 amide bonds. The fourth-order valence-corrected chi connectivity index (χ4v) is 3.95. The number of tetrazole rings is 1. The van der Waals surface area contributed by atoms with E-state index in [2.05, 4.69) is 25.8 Å². The maximum absolute atomic E-state index is 12.6. The first kappa shape index (κ1) is 15.6. The fourth-order valence-electron chi connectivity index (χ4n) is 2.28. The van der Waals surface area contributed by atoms with Crippen LogP contribution < -0.4 is 5.32 Å². The van der Waals surface area contributed by atoms with Crippen LogP contribution in [0.5, 0.6) is 0 Å². The van der Waals surface area contributed by atoms with Crippen molar-refractivity contribution in [2.75, 3.05) is 5.32 Å². The van der Waals surface area contributed by atoms with E-state index in [1.165, 1.54) is 17.7 Å². The maximum atomic E-state index is 12.6. The Kier molecular flexibility index (Phi) is 4.08. The number of rotatable bonds is 4. The molecule has 124 valence electrons. The summed E-state index contributed by atoms with van der Waals surface area (Å²) in [5.74, 6) is -0.161. The van der Waals surface area contributed by atoms with Crippen LogP contribution in [0, 0.1) is 6.92 Å². The van der Waals surface area contributed by atoms with Crippen molar-refractivity contribution >= 4 is 34.3 Å². The second-order valence-corrected chi connectivity index (χ2v) is 6.98. The Morgan fingerprint density at radius 1 is 1.20 bits per heavy atom. The molecular formula is C16H12N6OS2. The van der Waals surface area contributed by atoms with Gasteiger partial charge >= 0.3 is 0 Å². The number of hydrogen-bond donors (Lipinski definition) is 1. The smallest absolute Gasteiger partial charge is 0.267 e. The number of thiophene rings is 1. The number of thiazole rings is 1. The highest BCUT2D eigenvalue weighted by molar-refractivity contribution is 7.17. The molecule has 3 heterocycles. The minimum Gasteiger partial charge on any atom is -0.321 e. The zero-order valence-corrected chi connectivity index (χ0v) is 14.7. The SMILES string of the molecule is Cc1nc(-c2ccsc2)sc1C(=O)Nc1ccc(-n2cnnn2)cc1. The summed E-state index contributed by atoms with van der Waals surface area (Å²) in [5, 5.41) is 18.8. The zero-order chi connectivity index (χ0) is 17.2. The van der Waals surface area contributed by atoms with E-state index in [0.29, 0.717) is 10.6 Å². The summed E-state index contributed by atoms with van der Waals surface area (Å²) in [7, 11) is 0. The second kappa shape index (κ2) is 6.54. The van der Waals surface area contributed by atoms with Crippen molar-refractivity contribution < 1.29 is 4.79 Å². The quantitative estimate of drug-likeness (QED) is 0.597. The summed E-state index contributed by atoms with van der Waals surface area (Å²) in [6.07, 6.45) is 1.51. The molecule has 0 unspecified atom stereocenters. The zero-order valence-electron chi connectivity index (χ0n) is 13.1. The lowest BCUT2D eigenvalue weighted by molar-refractivity contribution is 0.103. The van der Waals surface area contributed by atoms with E-state index in [4.69, 9.17) is 0 Å². The molecule has 0 aliphatic carbocycles. The first-order valence-electron chi connectivity index (χ1n) is 7.35. The van der Waals surface area contributed by atoms with Gasteiger partial charge in [-0.25, -0.2) is 9.67 Å².